The topological polar surface area (TPSA) is 52.3 Å². The molecule has 0 aliphatic heterocycles. The van der Waals surface area contributed by atoms with Gasteiger partial charge in [0.15, 0.2) is 5.78 Å². The monoisotopic (exact) mass is 219 g/mol. The molecule has 3 heteroatoms. The van der Waals surface area contributed by atoms with E-state index in [0.29, 0.717) is 17.4 Å². The fourth-order valence-corrected chi connectivity index (χ4v) is 2.13. The van der Waals surface area contributed by atoms with Gasteiger partial charge in [-0.25, -0.2) is 0 Å². The average molecular weight is 219 g/mol. The molecule has 3 nitrogen and oxygen atoms in total. The summed E-state index contributed by atoms with van der Waals surface area (Å²) in [6.45, 7) is 1.52. The van der Waals surface area contributed by atoms with Crippen LogP contribution in [0, 0.1) is 0 Å². The van der Waals surface area contributed by atoms with Gasteiger partial charge in [-0.05, 0) is 44.7 Å². The van der Waals surface area contributed by atoms with Crippen LogP contribution in [0.5, 0.6) is 5.75 Å². The number of hydrogen-bond donors (Lipinski definition) is 1. The normalized spacial score (nSPS) is 16.3. The minimum atomic E-state index is -0.00934. The van der Waals surface area contributed by atoms with Gasteiger partial charge in [-0.1, -0.05) is 0 Å². The van der Waals surface area contributed by atoms with Gasteiger partial charge in [0.25, 0.3) is 0 Å². The summed E-state index contributed by atoms with van der Waals surface area (Å²) >= 11 is 0. The molecule has 16 heavy (non-hydrogen) atoms. The third-order valence-corrected chi connectivity index (χ3v) is 3.01. The fourth-order valence-electron chi connectivity index (χ4n) is 2.13. The SMILES string of the molecule is CC(=O)c1ccc(OC2CCCC2)cc1N. The van der Waals surface area contributed by atoms with Crippen LogP contribution in [0.4, 0.5) is 5.69 Å². The van der Waals surface area contributed by atoms with Crippen molar-refractivity contribution < 1.29 is 9.53 Å². The zero-order chi connectivity index (χ0) is 11.5. The van der Waals surface area contributed by atoms with Crippen molar-refractivity contribution in [2.45, 2.75) is 38.7 Å². The molecule has 2 N–H and O–H groups in total. The van der Waals surface area contributed by atoms with Crippen LogP contribution in [0.2, 0.25) is 0 Å². The Morgan fingerprint density at radius 3 is 2.62 bits per heavy atom. The van der Waals surface area contributed by atoms with Gasteiger partial charge >= 0.3 is 0 Å². The maximum absolute atomic E-state index is 11.2. The first kappa shape index (κ1) is 11.0. The highest BCUT2D eigenvalue weighted by molar-refractivity contribution is 5.99. The summed E-state index contributed by atoms with van der Waals surface area (Å²) in [5, 5.41) is 0. The van der Waals surface area contributed by atoms with Crippen molar-refractivity contribution in [1.29, 1.82) is 0 Å². The molecule has 0 atom stereocenters. The van der Waals surface area contributed by atoms with E-state index in [1.807, 2.05) is 6.07 Å². The first-order chi connectivity index (χ1) is 7.66. The van der Waals surface area contributed by atoms with Crippen molar-refractivity contribution in [2.75, 3.05) is 5.73 Å². The third kappa shape index (κ3) is 2.35. The number of benzene rings is 1. The van der Waals surface area contributed by atoms with Crippen LogP contribution in [-0.2, 0) is 0 Å². The number of ketones is 1. The molecule has 0 bridgehead atoms. The molecule has 86 valence electrons. The Kier molecular flexibility index (Phi) is 3.13. The third-order valence-electron chi connectivity index (χ3n) is 3.01. The van der Waals surface area contributed by atoms with Gasteiger partial charge in [0.2, 0.25) is 0 Å². The molecular weight excluding hydrogens is 202 g/mol. The lowest BCUT2D eigenvalue weighted by Crippen LogP contribution is -2.11. The number of rotatable bonds is 3. The van der Waals surface area contributed by atoms with E-state index >= 15 is 0 Å². The first-order valence-electron chi connectivity index (χ1n) is 5.74. The average Bonchev–Trinajstić information content (AvgIpc) is 2.70. The summed E-state index contributed by atoms with van der Waals surface area (Å²) in [6.07, 6.45) is 5.04. The molecule has 0 radical (unpaired) electrons. The van der Waals surface area contributed by atoms with Crippen molar-refractivity contribution in [1.82, 2.24) is 0 Å². The minimum Gasteiger partial charge on any atom is -0.490 e. The number of nitrogen functional groups attached to an aromatic ring is 1. The van der Waals surface area contributed by atoms with Crippen molar-refractivity contribution >= 4 is 11.5 Å². The molecule has 0 heterocycles. The molecular formula is C13H17NO2. The summed E-state index contributed by atoms with van der Waals surface area (Å²) in [5.74, 6) is 0.763. The van der Waals surface area contributed by atoms with Crippen LogP contribution < -0.4 is 10.5 Å². The second-order valence-electron chi connectivity index (χ2n) is 4.33. The Balaban J connectivity index is 2.11. The molecule has 1 saturated carbocycles. The standard InChI is InChI=1S/C13H17NO2/c1-9(15)12-7-6-11(8-13(12)14)16-10-4-2-3-5-10/h6-8,10H,2-5,14H2,1H3. The predicted molar refractivity (Wildman–Crippen MR) is 63.7 cm³/mol. The van der Waals surface area contributed by atoms with E-state index in [4.69, 9.17) is 10.5 Å². The number of anilines is 1. The molecule has 1 fully saturated rings. The number of ether oxygens (including phenoxy) is 1. The lowest BCUT2D eigenvalue weighted by molar-refractivity contribution is 0.101. The number of hydrogen-bond acceptors (Lipinski definition) is 3. The maximum Gasteiger partial charge on any atom is 0.161 e. The van der Waals surface area contributed by atoms with Gasteiger partial charge in [0.1, 0.15) is 5.75 Å². The summed E-state index contributed by atoms with van der Waals surface area (Å²) in [4.78, 5) is 11.2. The summed E-state index contributed by atoms with van der Waals surface area (Å²) in [5.41, 5.74) is 6.87. The van der Waals surface area contributed by atoms with Crippen molar-refractivity contribution in [3.05, 3.63) is 23.8 Å². The van der Waals surface area contributed by atoms with Crippen LogP contribution >= 0.6 is 0 Å². The van der Waals surface area contributed by atoms with E-state index in [0.717, 1.165) is 18.6 Å². The molecule has 1 aliphatic rings. The summed E-state index contributed by atoms with van der Waals surface area (Å²) in [7, 11) is 0. The van der Waals surface area contributed by atoms with Crippen LogP contribution in [0.25, 0.3) is 0 Å². The van der Waals surface area contributed by atoms with E-state index in [1.54, 1.807) is 12.1 Å². The maximum atomic E-state index is 11.2. The zero-order valence-electron chi connectivity index (χ0n) is 9.53. The van der Waals surface area contributed by atoms with Gasteiger partial charge in [-0.3, -0.25) is 4.79 Å². The highest BCUT2D eigenvalue weighted by Gasteiger charge is 2.17. The van der Waals surface area contributed by atoms with E-state index in [9.17, 15) is 4.79 Å². The van der Waals surface area contributed by atoms with E-state index < -0.39 is 0 Å². The van der Waals surface area contributed by atoms with Crippen molar-refractivity contribution in [3.63, 3.8) is 0 Å². The van der Waals surface area contributed by atoms with Gasteiger partial charge in [0, 0.05) is 17.3 Å². The molecule has 1 aliphatic carbocycles. The van der Waals surface area contributed by atoms with E-state index in [1.165, 1.54) is 19.8 Å². The number of Topliss-reactive ketones (excluding diaryl/α,β-unsaturated/α-hetero) is 1. The molecule has 0 amide bonds. The molecule has 0 aromatic heterocycles. The molecule has 0 saturated heterocycles. The smallest absolute Gasteiger partial charge is 0.161 e. The van der Waals surface area contributed by atoms with Gasteiger partial charge in [-0.15, -0.1) is 0 Å². The Morgan fingerprint density at radius 2 is 2.06 bits per heavy atom. The van der Waals surface area contributed by atoms with E-state index in [2.05, 4.69) is 0 Å². The van der Waals surface area contributed by atoms with Crippen molar-refractivity contribution in [2.24, 2.45) is 0 Å². The summed E-state index contributed by atoms with van der Waals surface area (Å²) < 4.78 is 5.80. The molecule has 1 aromatic carbocycles. The molecule has 0 spiro atoms. The molecule has 0 unspecified atom stereocenters. The van der Waals surface area contributed by atoms with Crippen molar-refractivity contribution in [3.8, 4) is 5.75 Å². The van der Waals surface area contributed by atoms with Crippen LogP contribution in [-0.4, -0.2) is 11.9 Å². The number of carbonyl (C=O) groups is 1. The number of carbonyl (C=O) groups excluding carboxylic acids is 1. The van der Waals surface area contributed by atoms with Gasteiger partial charge in [-0.2, -0.15) is 0 Å². The zero-order valence-corrected chi connectivity index (χ0v) is 9.53. The highest BCUT2D eigenvalue weighted by Crippen LogP contribution is 2.26. The highest BCUT2D eigenvalue weighted by atomic mass is 16.5. The Bertz CT molecular complexity index is 395. The van der Waals surface area contributed by atoms with Crippen LogP contribution in [0.15, 0.2) is 18.2 Å². The van der Waals surface area contributed by atoms with Crippen LogP contribution in [0.3, 0.4) is 0 Å². The Morgan fingerprint density at radius 1 is 1.38 bits per heavy atom. The molecule has 1 aromatic rings. The second kappa shape index (κ2) is 4.56. The quantitative estimate of drug-likeness (QED) is 0.628. The Hall–Kier alpha value is -1.51. The largest absolute Gasteiger partial charge is 0.490 e. The van der Waals surface area contributed by atoms with Crippen LogP contribution in [0.1, 0.15) is 43.0 Å². The van der Waals surface area contributed by atoms with Gasteiger partial charge in [0.05, 0.1) is 6.10 Å². The molecule has 2 rings (SSSR count). The lowest BCUT2D eigenvalue weighted by Gasteiger charge is -2.14. The van der Waals surface area contributed by atoms with E-state index in [-0.39, 0.29) is 5.78 Å². The summed E-state index contributed by atoms with van der Waals surface area (Å²) in [6, 6.07) is 5.31. The fraction of sp³-hybridized carbons (Fsp3) is 0.462. The van der Waals surface area contributed by atoms with Gasteiger partial charge < -0.3 is 10.5 Å². The lowest BCUT2D eigenvalue weighted by atomic mass is 10.1. The predicted octanol–water partition coefficient (Wildman–Crippen LogP) is 2.79. The minimum absolute atomic E-state index is 0.00934. The second-order valence-corrected chi connectivity index (χ2v) is 4.33. The number of nitrogens with two attached hydrogens (primary N) is 1. The first-order valence-corrected chi connectivity index (χ1v) is 5.74. The Labute approximate surface area is 95.6 Å².